The van der Waals surface area contributed by atoms with Gasteiger partial charge in [0.2, 0.25) is 0 Å². The molecule has 1 aromatic heterocycles. The van der Waals surface area contributed by atoms with Crippen molar-refractivity contribution in [3.05, 3.63) is 23.7 Å². The molecule has 3 nitrogen and oxygen atoms in total. The van der Waals surface area contributed by atoms with Crippen LogP contribution in [0.1, 0.15) is 37.7 Å². The zero-order chi connectivity index (χ0) is 12.1. The van der Waals surface area contributed by atoms with E-state index in [2.05, 4.69) is 29.3 Å². The van der Waals surface area contributed by atoms with Crippen LogP contribution in [0.5, 0.6) is 0 Å². The number of piperidine rings is 1. The Morgan fingerprint density at radius 2 is 2.00 bits per heavy atom. The SMILES string of the molecule is CCC1CCN(Cc2ccc(CNC)o2)CC1. The van der Waals surface area contributed by atoms with E-state index in [1.165, 1.54) is 32.4 Å². The van der Waals surface area contributed by atoms with Gasteiger partial charge in [-0.25, -0.2) is 0 Å². The summed E-state index contributed by atoms with van der Waals surface area (Å²) in [5, 5.41) is 3.11. The van der Waals surface area contributed by atoms with E-state index in [1.807, 2.05) is 7.05 Å². The summed E-state index contributed by atoms with van der Waals surface area (Å²) in [5.41, 5.74) is 0. The largest absolute Gasteiger partial charge is 0.463 e. The van der Waals surface area contributed by atoms with Gasteiger partial charge in [0, 0.05) is 0 Å². The Morgan fingerprint density at radius 3 is 2.65 bits per heavy atom. The van der Waals surface area contributed by atoms with Crippen molar-refractivity contribution in [2.45, 2.75) is 39.3 Å². The Hall–Kier alpha value is -0.800. The number of furan rings is 1. The molecule has 2 rings (SSSR count). The summed E-state index contributed by atoms with van der Waals surface area (Å²) in [6, 6.07) is 4.18. The molecule has 0 aromatic carbocycles. The van der Waals surface area contributed by atoms with Gasteiger partial charge in [0.1, 0.15) is 11.5 Å². The van der Waals surface area contributed by atoms with Gasteiger partial charge < -0.3 is 9.73 Å². The van der Waals surface area contributed by atoms with Gasteiger partial charge in [-0.3, -0.25) is 4.90 Å². The smallest absolute Gasteiger partial charge is 0.118 e. The first-order valence-corrected chi connectivity index (χ1v) is 6.76. The van der Waals surface area contributed by atoms with E-state index in [0.29, 0.717) is 0 Å². The van der Waals surface area contributed by atoms with E-state index in [-0.39, 0.29) is 0 Å². The van der Waals surface area contributed by atoms with Crippen molar-refractivity contribution in [2.24, 2.45) is 5.92 Å². The number of rotatable bonds is 5. The highest BCUT2D eigenvalue weighted by Crippen LogP contribution is 2.21. The summed E-state index contributed by atoms with van der Waals surface area (Å²) in [6.45, 7) is 6.54. The number of hydrogen-bond donors (Lipinski definition) is 1. The van der Waals surface area contributed by atoms with Gasteiger partial charge in [0.05, 0.1) is 13.1 Å². The maximum atomic E-state index is 5.78. The van der Waals surface area contributed by atoms with Crippen LogP contribution < -0.4 is 5.32 Å². The van der Waals surface area contributed by atoms with E-state index >= 15 is 0 Å². The van der Waals surface area contributed by atoms with Gasteiger partial charge in [-0.1, -0.05) is 13.3 Å². The maximum absolute atomic E-state index is 5.78. The Labute approximate surface area is 104 Å². The highest BCUT2D eigenvalue weighted by molar-refractivity contribution is 5.07. The predicted molar refractivity (Wildman–Crippen MR) is 69.8 cm³/mol. The quantitative estimate of drug-likeness (QED) is 0.852. The number of nitrogens with zero attached hydrogens (tertiary/aromatic N) is 1. The third kappa shape index (κ3) is 3.58. The normalized spacial score (nSPS) is 18.7. The fourth-order valence-electron chi connectivity index (χ4n) is 2.55. The molecule has 0 unspecified atom stereocenters. The third-order valence-corrected chi connectivity index (χ3v) is 3.73. The van der Waals surface area contributed by atoms with E-state index < -0.39 is 0 Å². The van der Waals surface area contributed by atoms with Gasteiger partial charge in [0.25, 0.3) is 0 Å². The molecule has 3 heteroatoms. The van der Waals surface area contributed by atoms with Crippen molar-refractivity contribution in [3.8, 4) is 0 Å². The van der Waals surface area contributed by atoms with Crippen LogP contribution in [0.2, 0.25) is 0 Å². The second-order valence-electron chi connectivity index (χ2n) is 5.03. The van der Waals surface area contributed by atoms with Gasteiger partial charge in [0.15, 0.2) is 0 Å². The van der Waals surface area contributed by atoms with E-state index in [4.69, 9.17) is 4.42 Å². The third-order valence-electron chi connectivity index (χ3n) is 3.73. The molecule has 0 spiro atoms. The summed E-state index contributed by atoms with van der Waals surface area (Å²) < 4.78 is 5.78. The van der Waals surface area contributed by atoms with E-state index in [9.17, 15) is 0 Å². The predicted octanol–water partition coefficient (Wildman–Crippen LogP) is 2.62. The van der Waals surface area contributed by atoms with Crippen molar-refractivity contribution in [2.75, 3.05) is 20.1 Å². The van der Waals surface area contributed by atoms with Crippen molar-refractivity contribution < 1.29 is 4.42 Å². The second-order valence-corrected chi connectivity index (χ2v) is 5.03. The van der Waals surface area contributed by atoms with E-state index in [1.54, 1.807) is 0 Å². The first kappa shape index (κ1) is 12.7. The molecule has 0 amide bonds. The van der Waals surface area contributed by atoms with Crippen LogP contribution >= 0.6 is 0 Å². The molecule has 1 N–H and O–H groups in total. The van der Waals surface area contributed by atoms with Crippen molar-refractivity contribution in [1.29, 1.82) is 0 Å². The van der Waals surface area contributed by atoms with Gasteiger partial charge >= 0.3 is 0 Å². The molecule has 0 bridgehead atoms. The van der Waals surface area contributed by atoms with Crippen LogP contribution in [0, 0.1) is 5.92 Å². The molecule has 1 aliphatic heterocycles. The Kier molecular flexibility index (Phi) is 4.63. The standard InChI is InChI=1S/C14H24N2O/c1-3-12-6-8-16(9-7-12)11-14-5-4-13(17-14)10-15-2/h4-5,12,15H,3,6-11H2,1-2H3. The lowest BCUT2D eigenvalue weighted by Crippen LogP contribution is -2.32. The van der Waals surface area contributed by atoms with E-state index in [0.717, 1.165) is 30.5 Å². The zero-order valence-electron chi connectivity index (χ0n) is 11.0. The molecule has 96 valence electrons. The molecule has 0 aliphatic carbocycles. The van der Waals surface area contributed by atoms with Crippen molar-refractivity contribution in [1.82, 2.24) is 10.2 Å². The number of likely N-dealkylation sites (tertiary alicyclic amines) is 1. The van der Waals surface area contributed by atoms with Gasteiger partial charge in [-0.05, 0) is 51.0 Å². The fraction of sp³-hybridized carbons (Fsp3) is 0.714. The number of nitrogens with one attached hydrogen (secondary N) is 1. The first-order chi connectivity index (χ1) is 8.31. The molecular weight excluding hydrogens is 212 g/mol. The lowest BCUT2D eigenvalue weighted by atomic mass is 9.94. The molecule has 0 saturated carbocycles. The summed E-state index contributed by atoms with van der Waals surface area (Å²) in [6.07, 6.45) is 4.03. The minimum absolute atomic E-state index is 0.817. The Morgan fingerprint density at radius 1 is 1.29 bits per heavy atom. The lowest BCUT2D eigenvalue weighted by Gasteiger charge is -2.30. The summed E-state index contributed by atoms with van der Waals surface area (Å²) in [7, 11) is 1.94. The van der Waals surface area contributed by atoms with Crippen LogP contribution in [0.3, 0.4) is 0 Å². The molecule has 1 aromatic rings. The summed E-state index contributed by atoms with van der Waals surface area (Å²) >= 11 is 0. The van der Waals surface area contributed by atoms with Gasteiger partial charge in [-0.2, -0.15) is 0 Å². The average molecular weight is 236 g/mol. The summed E-state index contributed by atoms with van der Waals surface area (Å²) in [5.74, 6) is 3.08. The van der Waals surface area contributed by atoms with Crippen LogP contribution in [-0.4, -0.2) is 25.0 Å². The highest BCUT2D eigenvalue weighted by atomic mass is 16.3. The Bertz CT molecular complexity index is 327. The lowest BCUT2D eigenvalue weighted by molar-refractivity contribution is 0.163. The minimum atomic E-state index is 0.817. The Balaban J connectivity index is 1.80. The van der Waals surface area contributed by atoms with Crippen LogP contribution in [0.4, 0.5) is 0 Å². The topological polar surface area (TPSA) is 28.4 Å². The molecule has 1 saturated heterocycles. The molecule has 1 fully saturated rings. The molecular formula is C14H24N2O. The maximum Gasteiger partial charge on any atom is 0.118 e. The first-order valence-electron chi connectivity index (χ1n) is 6.76. The van der Waals surface area contributed by atoms with Crippen molar-refractivity contribution in [3.63, 3.8) is 0 Å². The average Bonchev–Trinajstić information content (AvgIpc) is 2.78. The molecule has 0 radical (unpaired) electrons. The summed E-state index contributed by atoms with van der Waals surface area (Å²) in [4.78, 5) is 2.51. The van der Waals surface area contributed by atoms with Crippen LogP contribution in [0.25, 0.3) is 0 Å². The van der Waals surface area contributed by atoms with Crippen LogP contribution in [0.15, 0.2) is 16.5 Å². The zero-order valence-corrected chi connectivity index (χ0v) is 11.0. The van der Waals surface area contributed by atoms with Gasteiger partial charge in [-0.15, -0.1) is 0 Å². The van der Waals surface area contributed by atoms with Crippen molar-refractivity contribution >= 4 is 0 Å². The number of hydrogen-bond acceptors (Lipinski definition) is 3. The molecule has 1 aliphatic rings. The molecule has 0 atom stereocenters. The minimum Gasteiger partial charge on any atom is -0.463 e. The second kappa shape index (κ2) is 6.22. The highest BCUT2D eigenvalue weighted by Gasteiger charge is 2.18. The fourth-order valence-corrected chi connectivity index (χ4v) is 2.55. The molecule has 2 heterocycles. The van der Waals surface area contributed by atoms with Crippen LogP contribution in [-0.2, 0) is 13.1 Å². The monoisotopic (exact) mass is 236 g/mol. The molecule has 17 heavy (non-hydrogen) atoms.